The Hall–Kier alpha value is -2.77. The van der Waals surface area contributed by atoms with Crippen LogP contribution >= 0.6 is 11.8 Å². The minimum absolute atomic E-state index is 0.0289. The van der Waals surface area contributed by atoms with Crippen LogP contribution in [-0.2, 0) is 5.75 Å². The van der Waals surface area contributed by atoms with E-state index < -0.39 is 0 Å². The minimum Gasteiger partial charge on any atom is -0.497 e. The maximum Gasteiger partial charge on any atom is 0.252 e. The zero-order chi connectivity index (χ0) is 22.4. The molecule has 2 aromatic carbocycles. The summed E-state index contributed by atoms with van der Waals surface area (Å²) in [6, 6.07) is 15.6. The van der Waals surface area contributed by atoms with Crippen molar-refractivity contribution >= 4 is 17.7 Å². The molecule has 1 aromatic heterocycles. The number of thioether (sulfide) groups is 1. The number of amides is 1. The van der Waals surface area contributed by atoms with E-state index >= 15 is 0 Å². The van der Waals surface area contributed by atoms with E-state index in [1.807, 2.05) is 76.5 Å². The molecule has 0 aliphatic carbocycles. The standard InChI is InChI=1S/C24H29N3O3S/c1-16-21(17(2)30-26-16)15-31-23-12-7-6-11-20(23)24(28)25-14-22(27(3)4)18-9-8-10-19(13-18)29-5/h6-13,22H,14-15H2,1-5H3,(H,25,28). The van der Waals surface area contributed by atoms with Gasteiger partial charge in [-0.05, 0) is 57.8 Å². The van der Waals surface area contributed by atoms with Crippen LogP contribution in [0.2, 0.25) is 0 Å². The van der Waals surface area contributed by atoms with Gasteiger partial charge in [-0.25, -0.2) is 0 Å². The van der Waals surface area contributed by atoms with Crippen molar-refractivity contribution in [2.75, 3.05) is 27.7 Å². The number of aromatic nitrogens is 1. The quantitative estimate of drug-likeness (QED) is 0.491. The molecule has 0 spiro atoms. The van der Waals surface area contributed by atoms with Gasteiger partial charge in [0, 0.05) is 22.8 Å². The fraction of sp³-hybridized carbons (Fsp3) is 0.333. The molecular weight excluding hydrogens is 410 g/mol. The number of ether oxygens (including phenoxy) is 1. The molecule has 0 fully saturated rings. The summed E-state index contributed by atoms with van der Waals surface area (Å²) in [6.07, 6.45) is 0. The number of benzene rings is 2. The summed E-state index contributed by atoms with van der Waals surface area (Å²) in [5.74, 6) is 2.24. The van der Waals surface area contributed by atoms with Crippen molar-refractivity contribution in [1.29, 1.82) is 0 Å². The maximum atomic E-state index is 13.0. The van der Waals surface area contributed by atoms with Crippen LogP contribution in [0.5, 0.6) is 5.75 Å². The number of hydrogen-bond acceptors (Lipinski definition) is 6. The number of hydrogen-bond donors (Lipinski definition) is 1. The van der Waals surface area contributed by atoms with Crippen LogP contribution in [-0.4, -0.2) is 43.7 Å². The molecule has 164 valence electrons. The van der Waals surface area contributed by atoms with Crippen LogP contribution in [0.15, 0.2) is 57.9 Å². The first-order valence-corrected chi connectivity index (χ1v) is 11.1. The molecule has 0 radical (unpaired) electrons. The number of nitrogens with zero attached hydrogens (tertiary/aromatic N) is 2. The number of carbonyl (C=O) groups excluding carboxylic acids is 1. The predicted octanol–water partition coefficient (Wildman–Crippen LogP) is 4.63. The van der Waals surface area contributed by atoms with Gasteiger partial charge in [0.05, 0.1) is 24.4 Å². The predicted molar refractivity (Wildman–Crippen MR) is 124 cm³/mol. The molecule has 0 saturated carbocycles. The average Bonchev–Trinajstić information content (AvgIpc) is 3.09. The van der Waals surface area contributed by atoms with Gasteiger partial charge in [-0.3, -0.25) is 4.79 Å². The molecule has 1 heterocycles. The van der Waals surface area contributed by atoms with E-state index in [4.69, 9.17) is 9.26 Å². The summed E-state index contributed by atoms with van der Waals surface area (Å²) in [7, 11) is 5.66. The Kier molecular flexibility index (Phi) is 7.76. The molecule has 1 unspecified atom stereocenters. The Balaban J connectivity index is 1.71. The lowest BCUT2D eigenvalue weighted by Crippen LogP contribution is -2.34. The smallest absolute Gasteiger partial charge is 0.252 e. The summed E-state index contributed by atoms with van der Waals surface area (Å²) < 4.78 is 10.6. The normalized spacial score (nSPS) is 12.1. The Morgan fingerprint density at radius 2 is 1.97 bits per heavy atom. The van der Waals surface area contributed by atoms with Crippen molar-refractivity contribution in [2.24, 2.45) is 0 Å². The van der Waals surface area contributed by atoms with Crippen LogP contribution in [0.25, 0.3) is 0 Å². The zero-order valence-corrected chi connectivity index (χ0v) is 19.5. The second-order valence-corrected chi connectivity index (χ2v) is 8.57. The monoisotopic (exact) mass is 439 g/mol. The number of carbonyl (C=O) groups is 1. The van der Waals surface area contributed by atoms with Gasteiger partial charge in [-0.2, -0.15) is 0 Å². The highest BCUT2D eigenvalue weighted by atomic mass is 32.2. The topological polar surface area (TPSA) is 67.6 Å². The SMILES string of the molecule is COc1cccc(C(CNC(=O)c2ccccc2SCc2c(C)noc2C)N(C)C)c1. The first-order valence-electron chi connectivity index (χ1n) is 10.1. The Labute approximate surface area is 188 Å². The summed E-state index contributed by atoms with van der Waals surface area (Å²) in [6.45, 7) is 4.33. The largest absolute Gasteiger partial charge is 0.497 e. The summed E-state index contributed by atoms with van der Waals surface area (Å²) in [5.41, 5.74) is 3.72. The lowest BCUT2D eigenvalue weighted by Gasteiger charge is -2.25. The molecule has 7 heteroatoms. The molecule has 0 aliphatic heterocycles. The highest BCUT2D eigenvalue weighted by Crippen LogP contribution is 2.29. The van der Waals surface area contributed by atoms with E-state index in [9.17, 15) is 4.79 Å². The lowest BCUT2D eigenvalue weighted by atomic mass is 10.1. The zero-order valence-electron chi connectivity index (χ0n) is 18.6. The van der Waals surface area contributed by atoms with Crippen molar-refractivity contribution < 1.29 is 14.1 Å². The van der Waals surface area contributed by atoms with Crippen molar-refractivity contribution in [3.8, 4) is 5.75 Å². The number of likely N-dealkylation sites (N-methyl/N-ethyl adjacent to an activating group) is 1. The van der Waals surface area contributed by atoms with E-state index in [0.29, 0.717) is 17.9 Å². The van der Waals surface area contributed by atoms with Crippen molar-refractivity contribution in [1.82, 2.24) is 15.4 Å². The first-order chi connectivity index (χ1) is 14.9. The van der Waals surface area contributed by atoms with Gasteiger partial charge >= 0.3 is 0 Å². The first kappa shape index (κ1) is 22.9. The summed E-state index contributed by atoms with van der Waals surface area (Å²) in [5, 5.41) is 7.12. The Morgan fingerprint density at radius 1 is 1.19 bits per heavy atom. The summed E-state index contributed by atoms with van der Waals surface area (Å²) in [4.78, 5) is 16.1. The second-order valence-electron chi connectivity index (χ2n) is 7.55. The number of nitrogens with one attached hydrogen (secondary N) is 1. The molecule has 1 amide bonds. The van der Waals surface area contributed by atoms with Gasteiger partial charge in [-0.1, -0.05) is 29.4 Å². The molecule has 0 saturated heterocycles. The summed E-state index contributed by atoms with van der Waals surface area (Å²) >= 11 is 1.62. The third-order valence-corrected chi connectivity index (χ3v) is 6.34. The van der Waals surface area contributed by atoms with Crippen LogP contribution in [0.1, 0.15) is 39.0 Å². The highest BCUT2D eigenvalue weighted by Gasteiger charge is 2.18. The van der Waals surface area contributed by atoms with Gasteiger partial charge in [-0.15, -0.1) is 11.8 Å². The Morgan fingerprint density at radius 3 is 2.65 bits per heavy atom. The van der Waals surface area contributed by atoms with Gasteiger partial charge in [0.2, 0.25) is 0 Å². The fourth-order valence-electron chi connectivity index (χ4n) is 3.37. The third-order valence-electron chi connectivity index (χ3n) is 5.24. The van der Waals surface area contributed by atoms with Crippen LogP contribution in [0, 0.1) is 13.8 Å². The minimum atomic E-state index is -0.0865. The Bertz CT molecular complexity index is 1010. The van der Waals surface area contributed by atoms with E-state index in [1.165, 1.54) is 0 Å². The molecule has 31 heavy (non-hydrogen) atoms. The third kappa shape index (κ3) is 5.68. The second kappa shape index (κ2) is 10.5. The number of methoxy groups -OCH3 is 1. The molecule has 1 N–H and O–H groups in total. The van der Waals surface area contributed by atoms with Crippen LogP contribution in [0.3, 0.4) is 0 Å². The van der Waals surface area contributed by atoms with Gasteiger partial charge in [0.15, 0.2) is 0 Å². The molecule has 0 bridgehead atoms. The van der Waals surface area contributed by atoms with Crippen LogP contribution < -0.4 is 10.1 Å². The fourth-order valence-corrected chi connectivity index (χ4v) is 4.57. The van der Waals surface area contributed by atoms with Crippen molar-refractivity contribution in [2.45, 2.75) is 30.5 Å². The van der Waals surface area contributed by atoms with Gasteiger partial charge in [0.25, 0.3) is 5.91 Å². The van der Waals surface area contributed by atoms with Gasteiger partial charge in [0.1, 0.15) is 11.5 Å². The molecule has 0 aliphatic rings. The van der Waals surface area contributed by atoms with E-state index in [2.05, 4.69) is 15.4 Å². The van der Waals surface area contributed by atoms with E-state index in [-0.39, 0.29) is 11.9 Å². The van der Waals surface area contributed by atoms with Crippen LogP contribution in [0.4, 0.5) is 0 Å². The molecule has 6 nitrogen and oxygen atoms in total. The molecule has 3 rings (SSSR count). The molecular formula is C24H29N3O3S. The van der Waals surface area contributed by atoms with E-state index in [0.717, 1.165) is 33.2 Å². The van der Waals surface area contributed by atoms with E-state index in [1.54, 1.807) is 18.9 Å². The van der Waals surface area contributed by atoms with Gasteiger partial charge < -0.3 is 19.5 Å². The number of aryl methyl sites for hydroxylation is 2. The number of rotatable bonds is 9. The molecule has 3 aromatic rings. The highest BCUT2D eigenvalue weighted by molar-refractivity contribution is 7.98. The molecule has 1 atom stereocenters. The lowest BCUT2D eigenvalue weighted by molar-refractivity contribution is 0.0939. The maximum absolute atomic E-state index is 13.0. The van der Waals surface area contributed by atoms with Crippen molar-refractivity contribution in [3.05, 3.63) is 76.7 Å². The van der Waals surface area contributed by atoms with Crippen molar-refractivity contribution in [3.63, 3.8) is 0 Å². The average molecular weight is 440 g/mol.